The zero-order valence-electron chi connectivity index (χ0n) is 15.5. The van der Waals surface area contributed by atoms with Crippen molar-refractivity contribution in [2.45, 2.75) is 70.9 Å². The van der Waals surface area contributed by atoms with Crippen molar-refractivity contribution in [3.8, 4) is 0 Å². The van der Waals surface area contributed by atoms with E-state index in [1.165, 1.54) is 0 Å². The van der Waals surface area contributed by atoms with E-state index in [4.69, 9.17) is 0 Å². The largest absolute Gasteiger partial charge is 0.391 e. The number of carbonyl (C=O) groups excluding carboxylic acids is 1. The fourth-order valence-corrected chi connectivity index (χ4v) is 8.16. The fraction of sp³-hybridized carbons (Fsp3) is 0.952. The van der Waals surface area contributed by atoms with Crippen LogP contribution in [-0.4, -0.2) is 17.3 Å². The summed E-state index contributed by atoms with van der Waals surface area (Å²) in [4.78, 5) is 12.4. The Morgan fingerprint density at radius 2 is 1.73 bits per heavy atom. The summed E-state index contributed by atoms with van der Waals surface area (Å²) in [6, 6.07) is 0. The van der Waals surface area contributed by atoms with Gasteiger partial charge < -0.3 is 0 Å². The van der Waals surface area contributed by atoms with Crippen LogP contribution in [0.25, 0.3) is 0 Å². The van der Waals surface area contributed by atoms with Gasteiger partial charge in [-0.25, -0.2) is 0 Å². The molecule has 5 heteroatoms. The summed E-state index contributed by atoms with van der Waals surface area (Å²) in [5.74, 6) is 2.12. The molecule has 4 rings (SSSR count). The second kappa shape index (κ2) is 6.77. The summed E-state index contributed by atoms with van der Waals surface area (Å²) in [6.07, 6.45) is 3.89. The Balaban J connectivity index is 1.50. The van der Waals surface area contributed by atoms with Crippen molar-refractivity contribution < 1.29 is 18.0 Å². The number of carbonyl (C=O) groups is 1. The lowest BCUT2D eigenvalue weighted by atomic mass is 9.49. The van der Waals surface area contributed by atoms with Crippen LogP contribution >= 0.6 is 15.9 Å². The van der Waals surface area contributed by atoms with Gasteiger partial charge in [-0.15, -0.1) is 0 Å². The second-order valence-corrected chi connectivity index (χ2v) is 10.3. The predicted molar refractivity (Wildman–Crippen MR) is 98.9 cm³/mol. The quantitative estimate of drug-likeness (QED) is 0.459. The number of hydrogen-bond donors (Lipinski definition) is 0. The van der Waals surface area contributed by atoms with E-state index in [0.29, 0.717) is 47.6 Å². The molecular weight excluding hydrogens is 405 g/mol. The van der Waals surface area contributed by atoms with Crippen molar-refractivity contribution in [2.24, 2.45) is 46.8 Å². The molecule has 1 nitrogen and oxygen atoms in total. The van der Waals surface area contributed by atoms with E-state index < -0.39 is 12.1 Å². The average molecular weight is 435 g/mol. The lowest BCUT2D eigenvalue weighted by Gasteiger charge is -2.56. The van der Waals surface area contributed by atoms with Crippen LogP contribution in [0.15, 0.2) is 0 Å². The van der Waals surface area contributed by atoms with Gasteiger partial charge >= 0.3 is 6.18 Å². The van der Waals surface area contributed by atoms with Crippen LogP contribution in [0, 0.1) is 46.8 Å². The lowest BCUT2D eigenvalue weighted by Crippen LogP contribution is -2.50. The molecule has 0 aromatic carbocycles. The maximum Gasteiger partial charge on any atom is 0.391 e. The van der Waals surface area contributed by atoms with Crippen LogP contribution in [0.5, 0.6) is 0 Å². The molecule has 4 fully saturated rings. The molecule has 8 atom stereocenters. The summed E-state index contributed by atoms with van der Waals surface area (Å²) >= 11 is 3.36. The maximum atomic E-state index is 13.2. The molecule has 0 heterocycles. The molecule has 0 aromatic heterocycles. The zero-order valence-corrected chi connectivity index (χ0v) is 17.1. The third-order valence-corrected chi connectivity index (χ3v) is 9.49. The molecule has 4 aliphatic carbocycles. The van der Waals surface area contributed by atoms with Crippen LogP contribution in [0.3, 0.4) is 0 Å². The molecule has 0 saturated heterocycles. The van der Waals surface area contributed by atoms with Crippen LogP contribution in [-0.2, 0) is 4.79 Å². The molecule has 0 bridgehead atoms. The summed E-state index contributed by atoms with van der Waals surface area (Å²) in [5.41, 5.74) is 0.127. The van der Waals surface area contributed by atoms with Gasteiger partial charge in [0.2, 0.25) is 0 Å². The first-order valence-electron chi connectivity index (χ1n) is 10.4. The molecule has 0 aromatic rings. The van der Waals surface area contributed by atoms with Crippen molar-refractivity contribution in [2.75, 3.05) is 5.33 Å². The minimum absolute atomic E-state index is 0.127. The summed E-state index contributed by atoms with van der Waals surface area (Å²) in [7, 11) is 0. The first-order valence-corrected chi connectivity index (χ1v) is 11.5. The second-order valence-electron chi connectivity index (χ2n) is 9.76. The minimum atomic E-state index is -4.01. The van der Waals surface area contributed by atoms with Gasteiger partial charge in [0, 0.05) is 5.92 Å². The van der Waals surface area contributed by atoms with Crippen molar-refractivity contribution in [1.29, 1.82) is 0 Å². The van der Waals surface area contributed by atoms with Crippen LogP contribution in [0.2, 0.25) is 0 Å². The normalized spacial score (nSPS) is 48.4. The molecule has 148 valence electrons. The third kappa shape index (κ3) is 2.99. The van der Waals surface area contributed by atoms with Crippen molar-refractivity contribution >= 4 is 21.7 Å². The average Bonchev–Trinajstić information content (AvgIpc) is 2.96. The summed E-state index contributed by atoms with van der Waals surface area (Å²) < 4.78 is 39.5. The van der Waals surface area contributed by atoms with Crippen molar-refractivity contribution in [3.63, 3.8) is 0 Å². The van der Waals surface area contributed by atoms with E-state index in [1.54, 1.807) is 0 Å². The monoisotopic (exact) mass is 434 g/mol. The Morgan fingerprint density at radius 3 is 2.42 bits per heavy atom. The molecule has 26 heavy (non-hydrogen) atoms. The van der Waals surface area contributed by atoms with E-state index in [9.17, 15) is 18.0 Å². The highest BCUT2D eigenvalue weighted by Gasteiger charge is 2.59. The topological polar surface area (TPSA) is 17.1 Å². The van der Waals surface area contributed by atoms with Gasteiger partial charge in [0.25, 0.3) is 0 Å². The van der Waals surface area contributed by atoms with E-state index in [0.717, 1.165) is 44.9 Å². The Kier molecular flexibility index (Phi) is 5.02. The number of ketones is 1. The number of hydrogen-bond acceptors (Lipinski definition) is 1. The molecule has 1 unspecified atom stereocenters. The number of fused-ring (bicyclic) bond motifs is 5. The highest BCUT2D eigenvalue weighted by molar-refractivity contribution is 9.09. The molecule has 4 saturated carbocycles. The van der Waals surface area contributed by atoms with Crippen molar-refractivity contribution in [3.05, 3.63) is 0 Å². The Morgan fingerprint density at radius 1 is 1.00 bits per heavy atom. The van der Waals surface area contributed by atoms with E-state index in [-0.39, 0.29) is 17.3 Å². The van der Waals surface area contributed by atoms with Gasteiger partial charge in [0.1, 0.15) is 5.78 Å². The van der Waals surface area contributed by atoms with Gasteiger partial charge in [0.15, 0.2) is 0 Å². The number of halogens is 4. The summed E-state index contributed by atoms with van der Waals surface area (Å²) in [6.45, 7) is 2.33. The maximum absolute atomic E-state index is 13.2. The van der Waals surface area contributed by atoms with Gasteiger partial charge in [-0.05, 0) is 92.8 Å². The molecule has 0 N–H and O–H groups in total. The SMILES string of the molecule is C[C@]12CCC3[C@H]4CC[C@H](C(F)(F)F)C[C@H]4CC[C@H]3[C@@H]1CC[C@@H]2C(=O)CBr. The smallest absolute Gasteiger partial charge is 0.298 e. The highest BCUT2D eigenvalue weighted by Crippen LogP contribution is 2.65. The molecule has 0 spiro atoms. The molecule has 0 amide bonds. The summed E-state index contributed by atoms with van der Waals surface area (Å²) in [5, 5.41) is 0.456. The lowest BCUT2D eigenvalue weighted by molar-refractivity contribution is -0.196. The molecule has 0 aliphatic heterocycles. The van der Waals surface area contributed by atoms with Gasteiger partial charge in [-0.2, -0.15) is 13.2 Å². The van der Waals surface area contributed by atoms with Gasteiger partial charge in [0.05, 0.1) is 11.2 Å². The van der Waals surface area contributed by atoms with E-state index in [1.807, 2.05) is 0 Å². The van der Waals surface area contributed by atoms with Crippen molar-refractivity contribution in [1.82, 2.24) is 0 Å². The number of Topliss-reactive ketones (excluding diaryl/α,β-unsaturated/α-hetero) is 1. The van der Waals surface area contributed by atoms with Gasteiger partial charge in [-0.1, -0.05) is 22.9 Å². The first-order chi connectivity index (χ1) is 12.3. The van der Waals surface area contributed by atoms with E-state index in [2.05, 4.69) is 22.9 Å². The first kappa shape index (κ1) is 19.3. The zero-order chi connectivity index (χ0) is 18.7. The van der Waals surface area contributed by atoms with E-state index >= 15 is 0 Å². The number of rotatable bonds is 2. The highest BCUT2D eigenvalue weighted by atomic mass is 79.9. The van der Waals surface area contributed by atoms with Crippen LogP contribution in [0.4, 0.5) is 13.2 Å². The van der Waals surface area contributed by atoms with Gasteiger partial charge in [-0.3, -0.25) is 4.79 Å². The molecule has 0 radical (unpaired) electrons. The standard InChI is InChI=1S/C21H30BrF3O/c1-20-9-8-15-14-5-3-13(21(23,24)25)10-12(14)2-4-16(15)17(20)6-7-18(20)19(26)11-22/h12-18H,2-11H2,1H3/t12-,13+,14+,15?,16-,17+,18-,20+/m1/s1. The third-order valence-electron chi connectivity index (χ3n) is 8.94. The Labute approximate surface area is 163 Å². The predicted octanol–water partition coefficient (Wildman–Crippen LogP) is 6.40. The molecule has 4 aliphatic rings. The fourth-order valence-electron chi connectivity index (χ4n) is 7.77. The van der Waals surface area contributed by atoms with Crippen LogP contribution in [0.1, 0.15) is 64.7 Å². The van der Waals surface area contributed by atoms with Crippen LogP contribution < -0.4 is 0 Å². The molecular formula is C21H30BrF3O. The number of alkyl halides is 4. The Bertz CT molecular complexity index is 562. The Hall–Kier alpha value is -0.0600. The minimum Gasteiger partial charge on any atom is -0.298 e.